The highest BCUT2D eigenvalue weighted by molar-refractivity contribution is 6.32. The van der Waals surface area contributed by atoms with Crippen molar-refractivity contribution in [3.8, 4) is 0 Å². The number of aryl methyl sites for hydroxylation is 1. The highest BCUT2D eigenvalue weighted by Crippen LogP contribution is 2.31. The number of nitrogens with zero attached hydrogens (tertiary/aromatic N) is 1. The second-order valence-corrected chi connectivity index (χ2v) is 7.80. The second kappa shape index (κ2) is 8.63. The quantitative estimate of drug-likeness (QED) is 0.650. The van der Waals surface area contributed by atoms with Gasteiger partial charge in [0.15, 0.2) is 11.6 Å². The summed E-state index contributed by atoms with van der Waals surface area (Å²) in [5, 5.41) is 5.74. The van der Waals surface area contributed by atoms with Gasteiger partial charge in [-0.1, -0.05) is 37.6 Å². The molecule has 1 atom stereocenters. The molecule has 1 fully saturated rings. The number of carbonyl (C=O) groups is 3. The number of halogens is 3. The zero-order chi connectivity index (χ0) is 22.9. The zero-order valence-electron chi connectivity index (χ0n) is 17.3. The molecule has 6 nitrogen and oxygen atoms in total. The Labute approximate surface area is 183 Å². The van der Waals surface area contributed by atoms with Gasteiger partial charge >= 0.3 is 6.03 Å². The van der Waals surface area contributed by atoms with Crippen LogP contribution in [0.3, 0.4) is 0 Å². The molecule has 1 aliphatic rings. The van der Waals surface area contributed by atoms with E-state index in [1.165, 1.54) is 13.0 Å². The molecule has 4 amide bonds. The molecule has 164 valence electrons. The molecule has 0 aromatic heterocycles. The standard InChI is InChI=1S/C22H22ClF2N3O3/c1-4-12-6-8-15(23)14(5-2)19(12)26-18(29)11-28-20(30)22(3,27-21(28)31)13-7-9-16(24)17(25)10-13/h6-10H,4-5,11H2,1-3H3,(H,26,29)(H,27,31)/t22-/m0/s1. The van der Waals surface area contributed by atoms with Crippen LogP contribution in [0.2, 0.25) is 5.02 Å². The molecule has 2 aromatic carbocycles. The van der Waals surface area contributed by atoms with Gasteiger partial charge in [-0.25, -0.2) is 13.6 Å². The van der Waals surface area contributed by atoms with Gasteiger partial charge in [0.1, 0.15) is 12.1 Å². The Balaban J connectivity index is 1.83. The van der Waals surface area contributed by atoms with Crippen molar-refractivity contribution in [3.05, 3.63) is 63.7 Å². The average Bonchev–Trinajstić information content (AvgIpc) is 2.94. The van der Waals surface area contributed by atoms with Crippen molar-refractivity contribution in [3.63, 3.8) is 0 Å². The lowest BCUT2D eigenvalue weighted by Gasteiger charge is -2.22. The van der Waals surface area contributed by atoms with Crippen molar-refractivity contribution in [2.75, 3.05) is 11.9 Å². The van der Waals surface area contributed by atoms with Gasteiger partial charge in [0, 0.05) is 10.7 Å². The average molecular weight is 450 g/mol. The first-order chi connectivity index (χ1) is 14.6. The third-order valence-electron chi connectivity index (χ3n) is 5.41. The summed E-state index contributed by atoms with van der Waals surface area (Å²) in [5.41, 5.74) is 0.657. The van der Waals surface area contributed by atoms with Crippen LogP contribution in [0.25, 0.3) is 0 Å². The number of rotatable bonds is 6. The molecule has 0 bridgehead atoms. The van der Waals surface area contributed by atoms with E-state index in [-0.39, 0.29) is 5.56 Å². The van der Waals surface area contributed by atoms with Gasteiger partial charge in [-0.2, -0.15) is 0 Å². The number of amides is 4. The van der Waals surface area contributed by atoms with Crippen LogP contribution >= 0.6 is 11.6 Å². The van der Waals surface area contributed by atoms with Crippen molar-refractivity contribution in [2.45, 2.75) is 39.2 Å². The Kier molecular flexibility index (Phi) is 6.31. The topological polar surface area (TPSA) is 78.5 Å². The molecule has 0 radical (unpaired) electrons. The van der Waals surface area contributed by atoms with Crippen LogP contribution < -0.4 is 10.6 Å². The van der Waals surface area contributed by atoms with E-state index in [1.54, 1.807) is 6.07 Å². The van der Waals surface area contributed by atoms with Crippen LogP contribution in [0.4, 0.5) is 19.3 Å². The Morgan fingerprint density at radius 2 is 1.84 bits per heavy atom. The minimum absolute atomic E-state index is 0.0732. The predicted molar refractivity (Wildman–Crippen MR) is 113 cm³/mol. The molecule has 9 heteroatoms. The van der Waals surface area contributed by atoms with Crippen molar-refractivity contribution in [2.24, 2.45) is 0 Å². The van der Waals surface area contributed by atoms with E-state index >= 15 is 0 Å². The molecule has 1 heterocycles. The van der Waals surface area contributed by atoms with E-state index in [1.807, 2.05) is 19.9 Å². The van der Waals surface area contributed by atoms with Gasteiger partial charge < -0.3 is 10.6 Å². The predicted octanol–water partition coefficient (Wildman–Crippen LogP) is 4.15. The smallest absolute Gasteiger partial charge is 0.324 e. The van der Waals surface area contributed by atoms with Crippen LogP contribution in [0.5, 0.6) is 0 Å². The van der Waals surface area contributed by atoms with Crippen molar-refractivity contribution in [1.82, 2.24) is 10.2 Å². The third-order valence-corrected chi connectivity index (χ3v) is 5.77. The fraction of sp³-hybridized carbons (Fsp3) is 0.318. The molecule has 0 saturated carbocycles. The van der Waals surface area contributed by atoms with Crippen LogP contribution in [-0.2, 0) is 28.0 Å². The summed E-state index contributed by atoms with van der Waals surface area (Å²) in [6.07, 6.45) is 1.23. The molecule has 1 aliphatic heterocycles. The maximum Gasteiger partial charge on any atom is 0.325 e. The molecule has 0 unspecified atom stereocenters. The number of carbonyl (C=O) groups excluding carboxylic acids is 3. The lowest BCUT2D eigenvalue weighted by Crippen LogP contribution is -2.42. The van der Waals surface area contributed by atoms with Crippen LogP contribution in [0.15, 0.2) is 30.3 Å². The fourth-order valence-corrected chi connectivity index (χ4v) is 3.92. The molecule has 0 aliphatic carbocycles. The van der Waals surface area contributed by atoms with Crippen molar-refractivity contribution >= 4 is 35.1 Å². The van der Waals surface area contributed by atoms with Crippen molar-refractivity contribution in [1.29, 1.82) is 0 Å². The first-order valence-electron chi connectivity index (χ1n) is 9.82. The Morgan fingerprint density at radius 3 is 2.45 bits per heavy atom. The Bertz CT molecular complexity index is 1080. The maximum atomic E-state index is 13.7. The summed E-state index contributed by atoms with van der Waals surface area (Å²) >= 11 is 6.25. The lowest BCUT2D eigenvalue weighted by atomic mass is 9.92. The van der Waals surface area contributed by atoms with Gasteiger partial charge in [-0.05, 0) is 54.7 Å². The highest BCUT2D eigenvalue weighted by atomic mass is 35.5. The van der Waals surface area contributed by atoms with Gasteiger partial charge in [-0.15, -0.1) is 0 Å². The Morgan fingerprint density at radius 1 is 1.13 bits per heavy atom. The number of hydrogen-bond donors (Lipinski definition) is 2. The van der Waals surface area contributed by atoms with E-state index < -0.39 is 41.6 Å². The normalized spacial score (nSPS) is 18.3. The van der Waals surface area contributed by atoms with Gasteiger partial charge in [-0.3, -0.25) is 14.5 Å². The molecule has 2 aromatic rings. The first kappa shape index (κ1) is 22.7. The minimum atomic E-state index is -1.62. The summed E-state index contributed by atoms with van der Waals surface area (Å²) in [7, 11) is 0. The molecule has 31 heavy (non-hydrogen) atoms. The van der Waals surface area contributed by atoms with Gasteiger partial charge in [0.25, 0.3) is 5.91 Å². The Hall–Kier alpha value is -3.00. The van der Waals surface area contributed by atoms with Gasteiger partial charge in [0.05, 0.1) is 0 Å². The minimum Gasteiger partial charge on any atom is -0.324 e. The van der Waals surface area contributed by atoms with Crippen molar-refractivity contribution < 1.29 is 23.2 Å². The summed E-state index contributed by atoms with van der Waals surface area (Å²) < 4.78 is 26.9. The summed E-state index contributed by atoms with van der Waals surface area (Å²) in [6.45, 7) is 4.67. The molecular formula is C22H22ClF2N3O3. The molecule has 0 spiro atoms. The van der Waals surface area contributed by atoms with Crippen LogP contribution in [0.1, 0.15) is 37.5 Å². The fourth-order valence-electron chi connectivity index (χ4n) is 3.63. The van der Waals surface area contributed by atoms with Crippen LogP contribution in [-0.4, -0.2) is 29.3 Å². The monoisotopic (exact) mass is 449 g/mol. The maximum absolute atomic E-state index is 13.7. The van der Waals surface area contributed by atoms with E-state index in [9.17, 15) is 23.2 Å². The first-order valence-corrected chi connectivity index (χ1v) is 10.2. The van der Waals surface area contributed by atoms with Gasteiger partial charge in [0.2, 0.25) is 5.91 Å². The molecule has 1 saturated heterocycles. The molecule has 2 N–H and O–H groups in total. The largest absolute Gasteiger partial charge is 0.325 e. The van der Waals surface area contributed by atoms with E-state index in [0.29, 0.717) is 23.6 Å². The summed E-state index contributed by atoms with van der Waals surface area (Å²) in [5.74, 6) is -3.53. The second-order valence-electron chi connectivity index (χ2n) is 7.39. The third kappa shape index (κ3) is 4.12. The number of hydrogen-bond acceptors (Lipinski definition) is 3. The molecule has 3 rings (SSSR count). The lowest BCUT2D eigenvalue weighted by molar-refractivity contribution is -0.133. The summed E-state index contributed by atoms with van der Waals surface area (Å²) in [6, 6.07) is 5.72. The number of nitrogens with one attached hydrogen (secondary N) is 2. The molecular weight excluding hydrogens is 428 g/mol. The SMILES string of the molecule is CCc1ccc(Cl)c(CC)c1NC(=O)CN1C(=O)N[C@@](C)(c2ccc(F)c(F)c2)C1=O. The number of benzene rings is 2. The summed E-state index contributed by atoms with van der Waals surface area (Å²) in [4.78, 5) is 38.9. The van der Waals surface area contributed by atoms with E-state index in [4.69, 9.17) is 11.6 Å². The zero-order valence-corrected chi connectivity index (χ0v) is 18.1. The number of anilines is 1. The number of urea groups is 1. The van der Waals surface area contributed by atoms with Crippen LogP contribution in [0, 0.1) is 11.6 Å². The highest BCUT2D eigenvalue weighted by Gasteiger charge is 2.49. The van der Waals surface area contributed by atoms with E-state index in [0.717, 1.165) is 28.2 Å². The number of imide groups is 1. The van der Waals surface area contributed by atoms with E-state index in [2.05, 4.69) is 10.6 Å².